The number of nitrogens with zero attached hydrogens (tertiary/aromatic N) is 2. The van der Waals surface area contributed by atoms with Crippen LogP contribution >= 0.6 is 24.0 Å². The first-order chi connectivity index (χ1) is 14.4. The minimum atomic E-state index is -0.452. The molecule has 0 N–H and O–H groups in total. The van der Waals surface area contributed by atoms with Crippen LogP contribution in [0.15, 0.2) is 76.1 Å². The van der Waals surface area contributed by atoms with Crippen LogP contribution in [-0.4, -0.2) is 20.1 Å². The minimum Gasteiger partial charge on any atom is -0.457 e. The average Bonchev–Trinajstić information content (AvgIpc) is 3.33. The molecule has 0 aliphatic carbocycles. The molecule has 1 amide bonds. The highest BCUT2D eigenvalue weighted by atomic mass is 32.2. The van der Waals surface area contributed by atoms with Gasteiger partial charge in [0.15, 0.2) is 0 Å². The first kappa shape index (κ1) is 20.1. The summed E-state index contributed by atoms with van der Waals surface area (Å²) in [5, 5.41) is 11.0. The van der Waals surface area contributed by atoms with E-state index in [9.17, 15) is 14.9 Å². The van der Waals surface area contributed by atoms with Gasteiger partial charge < -0.3 is 4.42 Å². The van der Waals surface area contributed by atoms with Crippen LogP contribution in [0.1, 0.15) is 24.3 Å². The molecular weight excluding hydrogens is 420 g/mol. The number of benzene rings is 2. The second-order valence-electron chi connectivity index (χ2n) is 6.65. The summed E-state index contributed by atoms with van der Waals surface area (Å²) in [7, 11) is 0. The quantitative estimate of drug-likeness (QED) is 0.217. The average molecular weight is 437 g/mol. The van der Waals surface area contributed by atoms with Crippen LogP contribution in [0.25, 0.3) is 17.4 Å². The monoisotopic (exact) mass is 436 g/mol. The summed E-state index contributed by atoms with van der Waals surface area (Å²) in [6.07, 6.45) is 1.65. The summed E-state index contributed by atoms with van der Waals surface area (Å²) in [5.74, 6) is 0.789. The van der Waals surface area contributed by atoms with E-state index in [0.717, 1.165) is 5.56 Å². The van der Waals surface area contributed by atoms with Gasteiger partial charge in [-0.2, -0.15) is 0 Å². The molecule has 0 bridgehead atoms. The minimum absolute atomic E-state index is 0.0128. The first-order valence-corrected chi connectivity index (χ1v) is 10.3. The SMILES string of the molecule is CC(c1ccccc1)N1C(=O)/C(=C/c2ccc(-c3cccc([N+](=O)[O-])c3)o2)SC1=S. The number of thiocarbonyl (C=S) groups is 1. The third-order valence-corrected chi connectivity index (χ3v) is 6.06. The number of rotatable bonds is 5. The number of carbonyl (C=O) groups is 1. The van der Waals surface area contributed by atoms with E-state index in [2.05, 4.69) is 0 Å². The molecule has 2 aromatic carbocycles. The zero-order chi connectivity index (χ0) is 21.3. The predicted molar refractivity (Wildman–Crippen MR) is 121 cm³/mol. The first-order valence-electron chi connectivity index (χ1n) is 9.11. The highest BCUT2D eigenvalue weighted by Gasteiger charge is 2.36. The molecule has 1 aromatic heterocycles. The van der Waals surface area contributed by atoms with Gasteiger partial charge in [0.1, 0.15) is 15.8 Å². The summed E-state index contributed by atoms with van der Waals surface area (Å²) in [5.41, 5.74) is 1.58. The fourth-order valence-corrected chi connectivity index (χ4v) is 4.58. The van der Waals surface area contributed by atoms with Gasteiger partial charge >= 0.3 is 0 Å². The van der Waals surface area contributed by atoms with Gasteiger partial charge in [0.2, 0.25) is 0 Å². The predicted octanol–water partition coefficient (Wildman–Crippen LogP) is 5.82. The molecule has 1 saturated heterocycles. The Morgan fingerprint density at radius 1 is 1.13 bits per heavy atom. The van der Waals surface area contributed by atoms with E-state index < -0.39 is 4.92 Å². The Morgan fingerprint density at radius 2 is 1.90 bits per heavy atom. The molecule has 0 spiro atoms. The summed E-state index contributed by atoms with van der Waals surface area (Å²) < 4.78 is 6.30. The lowest BCUT2D eigenvalue weighted by Gasteiger charge is -2.23. The van der Waals surface area contributed by atoms with Crippen molar-refractivity contribution < 1.29 is 14.1 Å². The second kappa shape index (κ2) is 8.25. The third-order valence-electron chi connectivity index (χ3n) is 4.73. The lowest BCUT2D eigenvalue weighted by atomic mass is 10.1. The Bertz CT molecular complexity index is 1170. The van der Waals surface area contributed by atoms with Crippen molar-refractivity contribution in [3.05, 3.63) is 93.1 Å². The normalized spacial score (nSPS) is 16.3. The molecule has 6 nitrogen and oxygen atoms in total. The molecular formula is C22H16N2O4S2. The maximum absolute atomic E-state index is 13.0. The van der Waals surface area contributed by atoms with E-state index in [0.29, 0.717) is 26.3 Å². The van der Waals surface area contributed by atoms with Gasteiger partial charge in [-0.1, -0.05) is 66.4 Å². The fraction of sp³-hybridized carbons (Fsp3) is 0.0909. The number of hydrogen-bond donors (Lipinski definition) is 0. The smallest absolute Gasteiger partial charge is 0.270 e. The Hall–Kier alpha value is -3.23. The maximum atomic E-state index is 13.0. The van der Waals surface area contributed by atoms with Crippen LogP contribution in [-0.2, 0) is 4.79 Å². The van der Waals surface area contributed by atoms with Crippen LogP contribution in [0, 0.1) is 10.1 Å². The third kappa shape index (κ3) is 3.92. The Morgan fingerprint density at radius 3 is 2.63 bits per heavy atom. The number of hydrogen-bond acceptors (Lipinski definition) is 6. The number of amides is 1. The number of furan rings is 1. The van der Waals surface area contributed by atoms with Crippen molar-refractivity contribution >= 4 is 46.0 Å². The van der Waals surface area contributed by atoms with Gasteiger partial charge in [-0.3, -0.25) is 19.8 Å². The van der Waals surface area contributed by atoms with Gasteiger partial charge in [0.05, 0.1) is 15.9 Å². The van der Waals surface area contributed by atoms with Gasteiger partial charge in [-0.25, -0.2) is 0 Å². The molecule has 2 heterocycles. The van der Waals surface area contributed by atoms with Crippen LogP contribution in [0.3, 0.4) is 0 Å². The molecule has 3 aromatic rings. The van der Waals surface area contributed by atoms with Crippen LogP contribution < -0.4 is 0 Å². The van der Waals surface area contributed by atoms with Crippen LogP contribution in [0.2, 0.25) is 0 Å². The van der Waals surface area contributed by atoms with E-state index in [4.69, 9.17) is 16.6 Å². The number of non-ortho nitro benzene ring substituents is 1. The zero-order valence-corrected chi connectivity index (χ0v) is 17.5. The van der Waals surface area contributed by atoms with Crippen LogP contribution in [0.5, 0.6) is 0 Å². The fourth-order valence-electron chi connectivity index (χ4n) is 3.18. The van der Waals surface area contributed by atoms with E-state index >= 15 is 0 Å². The molecule has 8 heteroatoms. The molecule has 1 atom stereocenters. The molecule has 1 aliphatic rings. The van der Waals surface area contributed by atoms with E-state index in [1.165, 1.54) is 23.9 Å². The van der Waals surface area contributed by atoms with E-state index in [1.54, 1.807) is 35.2 Å². The number of carbonyl (C=O) groups excluding carboxylic acids is 1. The summed E-state index contributed by atoms with van der Waals surface area (Å²) >= 11 is 6.67. The maximum Gasteiger partial charge on any atom is 0.270 e. The molecule has 4 rings (SSSR count). The Balaban J connectivity index is 1.58. The van der Waals surface area contributed by atoms with Crippen molar-refractivity contribution in [1.82, 2.24) is 4.90 Å². The van der Waals surface area contributed by atoms with E-state index in [-0.39, 0.29) is 17.6 Å². The molecule has 1 aliphatic heterocycles. The highest BCUT2D eigenvalue weighted by Crippen LogP contribution is 2.38. The molecule has 0 radical (unpaired) electrons. The molecule has 1 unspecified atom stereocenters. The van der Waals surface area contributed by atoms with Crippen molar-refractivity contribution in [2.24, 2.45) is 0 Å². The number of nitro benzene ring substituents is 1. The van der Waals surface area contributed by atoms with Gasteiger partial charge in [0.25, 0.3) is 11.6 Å². The summed E-state index contributed by atoms with van der Waals surface area (Å²) in [6.45, 7) is 1.94. The topological polar surface area (TPSA) is 76.6 Å². The number of nitro groups is 1. The standard InChI is InChI=1S/C22H16N2O4S2/c1-14(15-6-3-2-4-7-15)23-21(25)20(30-22(23)29)13-18-10-11-19(28-18)16-8-5-9-17(12-16)24(26)27/h2-14H,1H3/b20-13-. The largest absolute Gasteiger partial charge is 0.457 e. The molecule has 1 fully saturated rings. The van der Waals surface area contributed by atoms with E-state index in [1.807, 2.05) is 37.3 Å². The van der Waals surface area contributed by atoms with Gasteiger partial charge in [-0.05, 0) is 24.6 Å². The summed E-state index contributed by atoms with van der Waals surface area (Å²) in [4.78, 5) is 25.6. The molecule has 30 heavy (non-hydrogen) atoms. The van der Waals surface area contributed by atoms with Crippen LogP contribution in [0.4, 0.5) is 5.69 Å². The Labute approximate surface area is 182 Å². The van der Waals surface area contributed by atoms with Crippen molar-refractivity contribution in [2.75, 3.05) is 0 Å². The molecule has 150 valence electrons. The van der Waals surface area contributed by atoms with Gasteiger partial charge in [0, 0.05) is 23.8 Å². The van der Waals surface area contributed by atoms with Crippen molar-refractivity contribution in [2.45, 2.75) is 13.0 Å². The molecule has 0 saturated carbocycles. The van der Waals surface area contributed by atoms with Gasteiger partial charge in [-0.15, -0.1) is 0 Å². The Kier molecular flexibility index (Phi) is 5.52. The number of thioether (sulfide) groups is 1. The second-order valence-corrected chi connectivity index (χ2v) is 8.32. The summed E-state index contributed by atoms with van der Waals surface area (Å²) in [6, 6.07) is 19.2. The lowest BCUT2D eigenvalue weighted by molar-refractivity contribution is -0.384. The lowest BCUT2D eigenvalue weighted by Crippen LogP contribution is -2.30. The highest BCUT2D eigenvalue weighted by molar-refractivity contribution is 8.26. The van der Waals surface area contributed by atoms with Crippen molar-refractivity contribution in [3.63, 3.8) is 0 Å². The van der Waals surface area contributed by atoms with Crippen molar-refractivity contribution in [1.29, 1.82) is 0 Å². The van der Waals surface area contributed by atoms with Crippen molar-refractivity contribution in [3.8, 4) is 11.3 Å². The zero-order valence-electron chi connectivity index (χ0n) is 15.8.